The first kappa shape index (κ1) is 20.3. The molecular weight excluding hydrogens is 378 g/mol. The van der Waals surface area contributed by atoms with E-state index in [1.54, 1.807) is 11.8 Å². The first-order chi connectivity index (χ1) is 12.9. The number of imidazole rings is 1. The lowest BCUT2D eigenvalue weighted by Crippen LogP contribution is -2.38. The predicted octanol–water partition coefficient (Wildman–Crippen LogP) is 5.21. The van der Waals surface area contributed by atoms with Crippen molar-refractivity contribution in [3.63, 3.8) is 0 Å². The highest BCUT2D eigenvalue weighted by molar-refractivity contribution is 7.99. The Bertz CT molecular complexity index is 764. The van der Waals surface area contributed by atoms with Crippen LogP contribution in [0.15, 0.2) is 35.6 Å². The van der Waals surface area contributed by atoms with Crippen LogP contribution >= 0.6 is 23.4 Å². The molecule has 1 fully saturated rings. The molecule has 0 radical (unpaired) electrons. The van der Waals surface area contributed by atoms with Gasteiger partial charge in [0.2, 0.25) is 5.91 Å². The molecule has 0 spiro atoms. The lowest BCUT2D eigenvalue weighted by atomic mass is 9.99. The fraction of sp³-hybridized carbons (Fsp3) is 0.524. The van der Waals surface area contributed by atoms with Crippen molar-refractivity contribution in [2.24, 2.45) is 11.8 Å². The number of benzene rings is 1. The van der Waals surface area contributed by atoms with E-state index in [1.165, 1.54) is 0 Å². The second kappa shape index (κ2) is 9.16. The molecule has 146 valence electrons. The topological polar surface area (TPSA) is 38.1 Å². The van der Waals surface area contributed by atoms with Crippen molar-refractivity contribution in [2.45, 2.75) is 45.3 Å². The minimum atomic E-state index is 0.221. The number of rotatable bonds is 6. The molecule has 2 heterocycles. The molecule has 6 heteroatoms. The normalized spacial score (nSPS) is 15.5. The predicted molar refractivity (Wildman–Crippen MR) is 113 cm³/mol. The van der Waals surface area contributed by atoms with Crippen molar-refractivity contribution >= 4 is 29.3 Å². The SMILES string of the molecule is CC(C)Cn1c(-c2ccc(Cl)cc2)cnc1SCC(=O)N1CCC(C)CC1. The summed E-state index contributed by atoms with van der Waals surface area (Å²) in [5.74, 6) is 1.89. The van der Waals surface area contributed by atoms with Crippen molar-refractivity contribution < 1.29 is 4.79 Å². The summed E-state index contributed by atoms with van der Waals surface area (Å²) in [5.41, 5.74) is 2.16. The molecule has 0 aliphatic carbocycles. The van der Waals surface area contributed by atoms with Crippen LogP contribution in [0.1, 0.15) is 33.6 Å². The monoisotopic (exact) mass is 405 g/mol. The van der Waals surface area contributed by atoms with Crippen molar-refractivity contribution in [3.05, 3.63) is 35.5 Å². The number of aromatic nitrogens is 2. The zero-order valence-corrected chi connectivity index (χ0v) is 17.9. The Hall–Kier alpha value is -1.46. The van der Waals surface area contributed by atoms with Crippen LogP contribution in [0.3, 0.4) is 0 Å². The third kappa shape index (κ3) is 5.29. The first-order valence-corrected chi connectivity index (χ1v) is 11.0. The van der Waals surface area contributed by atoms with Gasteiger partial charge in [0.15, 0.2) is 5.16 Å². The molecule has 1 saturated heterocycles. The Kier molecular flexibility index (Phi) is 6.88. The summed E-state index contributed by atoms with van der Waals surface area (Å²) >= 11 is 7.57. The fourth-order valence-electron chi connectivity index (χ4n) is 3.34. The summed E-state index contributed by atoms with van der Waals surface area (Å²) in [7, 11) is 0. The van der Waals surface area contributed by atoms with E-state index in [9.17, 15) is 4.79 Å². The van der Waals surface area contributed by atoms with Gasteiger partial charge in [0.25, 0.3) is 0 Å². The maximum Gasteiger partial charge on any atom is 0.233 e. The Morgan fingerprint density at radius 1 is 1.26 bits per heavy atom. The number of carbonyl (C=O) groups excluding carboxylic acids is 1. The number of amides is 1. The highest BCUT2D eigenvalue weighted by Gasteiger charge is 2.21. The van der Waals surface area contributed by atoms with Gasteiger partial charge in [0.1, 0.15) is 0 Å². The molecule has 1 aromatic carbocycles. The van der Waals surface area contributed by atoms with E-state index in [4.69, 9.17) is 11.6 Å². The molecule has 4 nitrogen and oxygen atoms in total. The molecule has 0 N–H and O–H groups in total. The maximum absolute atomic E-state index is 12.6. The Labute approximate surface area is 171 Å². The van der Waals surface area contributed by atoms with Crippen LogP contribution < -0.4 is 0 Å². The number of carbonyl (C=O) groups is 1. The summed E-state index contributed by atoms with van der Waals surface area (Å²) in [4.78, 5) is 19.2. The van der Waals surface area contributed by atoms with E-state index in [0.717, 1.165) is 59.8 Å². The molecule has 3 rings (SSSR count). The van der Waals surface area contributed by atoms with Gasteiger partial charge in [-0.1, -0.05) is 56.3 Å². The summed E-state index contributed by atoms with van der Waals surface area (Å²) in [6.07, 6.45) is 4.12. The number of nitrogens with zero attached hydrogens (tertiary/aromatic N) is 3. The Morgan fingerprint density at radius 2 is 1.93 bits per heavy atom. The third-order valence-electron chi connectivity index (χ3n) is 4.97. The van der Waals surface area contributed by atoms with Crippen LogP contribution in [0.5, 0.6) is 0 Å². The molecule has 2 aromatic rings. The number of piperidine rings is 1. The van der Waals surface area contributed by atoms with Crippen LogP contribution in [0, 0.1) is 11.8 Å². The van der Waals surface area contributed by atoms with Crippen LogP contribution in [-0.2, 0) is 11.3 Å². The molecule has 0 atom stereocenters. The second-order valence-corrected chi connectivity index (χ2v) is 9.17. The van der Waals surface area contributed by atoms with Gasteiger partial charge in [-0.15, -0.1) is 0 Å². The molecule has 1 aliphatic rings. The first-order valence-electron chi connectivity index (χ1n) is 9.66. The van der Waals surface area contributed by atoms with Gasteiger partial charge in [-0.05, 0) is 42.4 Å². The van der Waals surface area contributed by atoms with Crippen molar-refractivity contribution in [1.29, 1.82) is 0 Å². The number of hydrogen-bond acceptors (Lipinski definition) is 3. The average molecular weight is 406 g/mol. The number of thioether (sulfide) groups is 1. The minimum absolute atomic E-state index is 0.221. The summed E-state index contributed by atoms with van der Waals surface area (Å²) in [6, 6.07) is 7.84. The number of likely N-dealkylation sites (tertiary alicyclic amines) is 1. The summed E-state index contributed by atoms with van der Waals surface area (Å²) < 4.78 is 2.23. The van der Waals surface area contributed by atoms with E-state index in [-0.39, 0.29) is 5.91 Å². The van der Waals surface area contributed by atoms with Gasteiger partial charge in [-0.3, -0.25) is 4.79 Å². The molecule has 1 amide bonds. The Morgan fingerprint density at radius 3 is 2.56 bits per heavy atom. The van der Waals surface area contributed by atoms with E-state index in [2.05, 4.69) is 30.3 Å². The average Bonchev–Trinajstić information content (AvgIpc) is 3.03. The van der Waals surface area contributed by atoms with Gasteiger partial charge >= 0.3 is 0 Å². The Balaban J connectivity index is 1.73. The number of hydrogen-bond donors (Lipinski definition) is 0. The molecule has 0 saturated carbocycles. The lowest BCUT2D eigenvalue weighted by Gasteiger charge is -2.30. The smallest absolute Gasteiger partial charge is 0.233 e. The standard InChI is InChI=1S/C21H28ClN3OS/c1-15(2)13-25-19(17-4-6-18(22)7-5-17)12-23-21(25)27-14-20(26)24-10-8-16(3)9-11-24/h4-7,12,15-16H,8-11,13-14H2,1-3H3. The van der Waals surface area contributed by atoms with E-state index in [0.29, 0.717) is 11.7 Å². The van der Waals surface area contributed by atoms with Crippen LogP contribution in [-0.4, -0.2) is 39.2 Å². The highest BCUT2D eigenvalue weighted by atomic mass is 35.5. The van der Waals surface area contributed by atoms with Gasteiger partial charge < -0.3 is 9.47 Å². The zero-order valence-electron chi connectivity index (χ0n) is 16.3. The lowest BCUT2D eigenvalue weighted by molar-refractivity contribution is -0.129. The molecular formula is C21H28ClN3OS. The van der Waals surface area contributed by atoms with Crippen LogP contribution in [0.25, 0.3) is 11.3 Å². The molecule has 1 aliphatic heterocycles. The maximum atomic E-state index is 12.6. The van der Waals surface area contributed by atoms with Gasteiger partial charge in [0.05, 0.1) is 17.6 Å². The van der Waals surface area contributed by atoms with E-state index in [1.807, 2.05) is 35.4 Å². The summed E-state index contributed by atoms with van der Waals surface area (Å²) in [5, 5.41) is 1.64. The van der Waals surface area contributed by atoms with Gasteiger partial charge in [-0.2, -0.15) is 0 Å². The van der Waals surface area contributed by atoms with Crippen LogP contribution in [0.4, 0.5) is 0 Å². The largest absolute Gasteiger partial charge is 0.342 e. The fourth-order valence-corrected chi connectivity index (χ4v) is 4.36. The second-order valence-electron chi connectivity index (χ2n) is 7.79. The van der Waals surface area contributed by atoms with Crippen molar-refractivity contribution in [3.8, 4) is 11.3 Å². The van der Waals surface area contributed by atoms with E-state index >= 15 is 0 Å². The van der Waals surface area contributed by atoms with Crippen LogP contribution in [0.2, 0.25) is 5.02 Å². The zero-order chi connectivity index (χ0) is 19.4. The molecule has 27 heavy (non-hydrogen) atoms. The highest BCUT2D eigenvalue weighted by Crippen LogP contribution is 2.28. The summed E-state index contributed by atoms with van der Waals surface area (Å²) in [6.45, 7) is 9.29. The third-order valence-corrected chi connectivity index (χ3v) is 6.20. The van der Waals surface area contributed by atoms with Gasteiger partial charge in [0, 0.05) is 24.7 Å². The van der Waals surface area contributed by atoms with Crippen molar-refractivity contribution in [1.82, 2.24) is 14.5 Å². The minimum Gasteiger partial charge on any atom is -0.342 e. The van der Waals surface area contributed by atoms with Gasteiger partial charge in [-0.25, -0.2) is 4.98 Å². The molecule has 1 aromatic heterocycles. The van der Waals surface area contributed by atoms with E-state index < -0.39 is 0 Å². The van der Waals surface area contributed by atoms with Crippen molar-refractivity contribution in [2.75, 3.05) is 18.8 Å². The number of halogens is 1. The molecule has 0 unspecified atom stereocenters. The quantitative estimate of drug-likeness (QED) is 0.619. The molecule has 0 bridgehead atoms.